The fourth-order valence-electron chi connectivity index (χ4n) is 2.70. The molecule has 2 aromatic carbocycles. The molecule has 1 heterocycles. The van der Waals surface area contributed by atoms with Gasteiger partial charge in [-0.3, -0.25) is 4.79 Å². The minimum absolute atomic E-state index is 0.0296. The Morgan fingerprint density at radius 3 is 2.68 bits per heavy atom. The van der Waals surface area contributed by atoms with Gasteiger partial charge in [-0.05, 0) is 41.5 Å². The standard InChI is InChI=1S/C19H19NO5/c1-20(15-3-5-16(6-4-15)25-12-19(22)23)18(21)11-13-2-7-17-14(10-13)8-9-24-17/h2-7,10H,8-9,11-12H2,1H3,(H,22,23). The molecule has 130 valence electrons. The molecule has 1 aliphatic rings. The highest BCUT2D eigenvalue weighted by Crippen LogP contribution is 2.26. The molecule has 0 aliphatic carbocycles. The van der Waals surface area contributed by atoms with Crippen molar-refractivity contribution >= 4 is 17.6 Å². The molecular formula is C19H19NO5. The molecule has 6 heteroatoms. The number of rotatable bonds is 6. The third-order valence-electron chi connectivity index (χ3n) is 4.07. The van der Waals surface area contributed by atoms with E-state index >= 15 is 0 Å². The highest BCUT2D eigenvalue weighted by molar-refractivity contribution is 5.94. The summed E-state index contributed by atoms with van der Waals surface area (Å²) in [5.41, 5.74) is 2.83. The molecule has 0 saturated carbocycles. The quantitative estimate of drug-likeness (QED) is 0.872. The number of amides is 1. The predicted molar refractivity (Wildman–Crippen MR) is 92.3 cm³/mol. The van der Waals surface area contributed by atoms with Crippen LogP contribution in [0.2, 0.25) is 0 Å². The van der Waals surface area contributed by atoms with Crippen LogP contribution in [0.15, 0.2) is 42.5 Å². The van der Waals surface area contributed by atoms with E-state index in [2.05, 4.69) is 0 Å². The molecule has 0 spiro atoms. The second-order valence-corrected chi connectivity index (χ2v) is 5.85. The Bertz CT molecular complexity index is 785. The van der Waals surface area contributed by atoms with E-state index in [4.69, 9.17) is 14.6 Å². The van der Waals surface area contributed by atoms with Gasteiger partial charge in [-0.25, -0.2) is 4.79 Å². The summed E-state index contributed by atoms with van der Waals surface area (Å²) in [6.07, 6.45) is 1.19. The molecule has 1 amide bonds. The van der Waals surface area contributed by atoms with E-state index in [0.29, 0.717) is 18.8 Å². The van der Waals surface area contributed by atoms with Crippen LogP contribution in [0.3, 0.4) is 0 Å². The number of aliphatic carboxylic acids is 1. The van der Waals surface area contributed by atoms with Gasteiger partial charge in [0.15, 0.2) is 6.61 Å². The first-order valence-electron chi connectivity index (χ1n) is 7.99. The first-order chi connectivity index (χ1) is 12.0. The van der Waals surface area contributed by atoms with Crippen LogP contribution in [0.5, 0.6) is 11.5 Å². The number of hydrogen-bond acceptors (Lipinski definition) is 4. The zero-order valence-electron chi connectivity index (χ0n) is 13.9. The van der Waals surface area contributed by atoms with Gasteiger partial charge in [0.05, 0.1) is 13.0 Å². The Morgan fingerprint density at radius 2 is 1.96 bits per heavy atom. The lowest BCUT2D eigenvalue weighted by Crippen LogP contribution is -2.27. The highest BCUT2D eigenvalue weighted by atomic mass is 16.5. The Balaban J connectivity index is 1.62. The van der Waals surface area contributed by atoms with Gasteiger partial charge in [-0.2, -0.15) is 0 Å². The lowest BCUT2D eigenvalue weighted by molar-refractivity contribution is -0.139. The number of fused-ring (bicyclic) bond motifs is 1. The summed E-state index contributed by atoms with van der Waals surface area (Å²) in [6, 6.07) is 12.6. The van der Waals surface area contributed by atoms with Gasteiger partial charge in [0.25, 0.3) is 0 Å². The normalized spacial score (nSPS) is 12.2. The second-order valence-electron chi connectivity index (χ2n) is 5.85. The lowest BCUT2D eigenvalue weighted by Gasteiger charge is -2.18. The van der Waals surface area contributed by atoms with Crippen molar-refractivity contribution in [3.63, 3.8) is 0 Å². The number of carboxylic acids is 1. The number of carbonyl (C=O) groups excluding carboxylic acids is 1. The highest BCUT2D eigenvalue weighted by Gasteiger charge is 2.16. The Hall–Kier alpha value is -3.02. The van der Waals surface area contributed by atoms with Gasteiger partial charge in [-0.15, -0.1) is 0 Å². The maximum atomic E-state index is 12.5. The summed E-state index contributed by atoms with van der Waals surface area (Å²) < 4.78 is 10.6. The molecule has 0 bridgehead atoms. The van der Waals surface area contributed by atoms with Gasteiger partial charge in [-0.1, -0.05) is 12.1 Å². The summed E-state index contributed by atoms with van der Waals surface area (Å²) in [5.74, 6) is 0.293. The maximum Gasteiger partial charge on any atom is 0.341 e. The van der Waals surface area contributed by atoms with Crippen LogP contribution in [0, 0.1) is 0 Å². The van der Waals surface area contributed by atoms with E-state index in [1.807, 2.05) is 18.2 Å². The molecule has 0 radical (unpaired) electrons. The fraction of sp³-hybridized carbons (Fsp3) is 0.263. The van der Waals surface area contributed by atoms with Crippen molar-refractivity contribution in [3.05, 3.63) is 53.6 Å². The van der Waals surface area contributed by atoms with Gasteiger partial charge >= 0.3 is 5.97 Å². The monoisotopic (exact) mass is 341 g/mol. The van der Waals surface area contributed by atoms with Crippen molar-refractivity contribution in [1.82, 2.24) is 0 Å². The van der Waals surface area contributed by atoms with Crippen molar-refractivity contribution in [2.75, 3.05) is 25.2 Å². The van der Waals surface area contributed by atoms with Gasteiger partial charge in [0.2, 0.25) is 5.91 Å². The van der Waals surface area contributed by atoms with E-state index in [9.17, 15) is 9.59 Å². The summed E-state index contributed by atoms with van der Waals surface area (Å²) in [4.78, 5) is 24.6. The first-order valence-corrected chi connectivity index (χ1v) is 7.99. The molecule has 1 aliphatic heterocycles. The first kappa shape index (κ1) is 16.8. The van der Waals surface area contributed by atoms with E-state index in [1.165, 1.54) is 0 Å². The predicted octanol–water partition coefficient (Wildman–Crippen LogP) is 2.29. The molecule has 25 heavy (non-hydrogen) atoms. The molecular weight excluding hydrogens is 322 g/mol. The molecule has 0 fully saturated rings. The van der Waals surface area contributed by atoms with E-state index < -0.39 is 12.6 Å². The minimum atomic E-state index is -1.03. The molecule has 3 rings (SSSR count). The van der Waals surface area contributed by atoms with Crippen molar-refractivity contribution in [1.29, 1.82) is 0 Å². The molecule has 0 aromatic heterocycles. The number of nitrogens with zero attached hydrogens (tertiary/aromatic N) is 1. The fourth-order valence-corrected chi connectivity index (χ4v) is 2.70. The molecule has 2 aromatic rings. The average molecular weight is 341 g/mol. The van der Waals surface area contributed by atoms with Crippen LogP contribution in [-0.2, 0) is 22.4 Å². The van der Waals surface area contributed by atoms with Crippen molar-refractivity contribution in [2.45, 2.75) is 12.8 Å². The minimum Gasteiger partial charge on any atom is -0.493 e. The third-order valence-corrected chi connectivity index (χ3v) is 4.07. The number of carbonyl (C=O) groups is 2. The SMILES string of the molecule is CN(C(=O)Cc1ccc2c(c1)CCO2)c1ccc(OCC(=O)O)cc1. The van der Waals surface area contributed by atoms with Crippen LogP contribution in [0.4, 0.5) is 5.69 Å². The number of benzene rings is 2. The van der Waals surface area contributed by atoms with Crippen LogP contribution >= 0.6 is 0 Å². The van der Waals surface area contributed by atoms with E-state index in [1.54, 1.807) is 36.2 Å². The Labute approximate surface area is 145 Å². The van der Waals surface area contributed by atoms with Gasteiger partial charge in [0.1, 0.15) is 11.5 Å². The summed E-state index contributed by atoms with van der Waals surface area (Å²) in [5, 5.41) is 8.60. The second kappa shape index (κ2) is 7.25. The number of ether oxygens (including phenoxy) is 2. The van der Waals surface area contributed by atoms with Crippen LogP contribution in [0.1, 0.15) is 11.1 Å². The average Bonchev–Trinajstić information content (AvgIpc) is 3.07. The van der Waals surface area contributed by atoms with Crippen LogP contribution < -0.4 is 14.4 Å². The van der Waals surface area contributed by atoms with E-state index in [0.717, 1.165) is 29.0 Å². The van der Waals surface area contributed by atoms with Gasteiger partial charge < -0.3 is 19.5 Å². The molecule has 0 unspecified atom stereocenters. The zero-order chi connectivity index (χ0) is 17.8. The number of hydrogen-bond donors (Lipinski definition) is 1. The summed E-state index contributed by atoms with van der Waals surface area (Å²) in [6.45, 7) is 0.305. The van der Waals surface area contributed by atoms with Crippen LogP contribution in [-0.4, -0.2) is 37.2 Å². The van der Waals surface area contributed by atoms with E-state index in [-0.39, 0.29) is 5.91 Å². The molecule has 1 N–H and O–H groups in total. The molecule has 6 nitrogen and oxygen atoms in total. The van der Waals surface area contributed by atoms with Crippen LogP contribution in [0.25, 0.3) is 0 Å². The lowest BCUT2D eigenvalue weighted by atomic mass is 10.1. The maximum absolute atomic E-state index is 12.5. The summed E-state index contributed by atoms with van der Waals surface area (Å²) in [7, 11) is 1.71. The van der Waals surface area contributed by atoms with Crippen molar-refractivity contribution in [3.8, 4) is 11.5 Å². The van der Waals surface area contributed by atoms with Gasteiger partial charge in [0, 0.05) is 19.2 Å². The van der Waals surface area contributed by atoms with Crippen molar-refractivity contribution in [2.24, 2.45) is 0 Å². The number of anilines is 1. The topological polar surface area (TPSA) is 76.1 Å². The zero-order valence-corrected chi connectivity index (χ0v) is 13.9. The molecule has 0 atom stereocenters. The molecule has 0 saturated heterocycles. The number of carboxylic acid groups (broad SMARTS) is 1. The largest absolute Gasteiger partial charge is 0.493 e. The number of likely N-dealkylation sites (N-methyl/N-ethyl adjacent to an activating group) is 1. The smallest absolute Gasteiger partial charge is 0.341 e. The third kappa shape index (κ3) is 4.09. The summed E-state index contributed by atoms with van der Waals surface area (Å²) >= 11 is 0. The Morgan fingerprint density at radius 1 is 1.20 bits per heavy atom. The van der Waals surface area contributed by atoms with Crippen molar-refractivity contribution < 1.29 is 24.2 Å². The Kier molecular flexibility index (Phi) is 4.88.